The van der Waals surface area contributed by atoms with Crippen LogP contribution in [0.4, 0.5) is 0 Å². The molecule has 2 aromatic rings. The van der Waals surface area contributed by atoms with Crippen molar-refractivity contribution in [2.45, 2.75) is 51.5 Å². The SMILES string of the molecule is Cc1n[nH]c(C)c1S(=O)(=O)N1CCN(CC(=O)c2cc(C)n(C3CC3)c2C)CC1. The molecule has 1 aliphatic heterocycles. The average Bonchev–Trinajstić information content (AvgIpc) is 3.37. The second-order valence-electron chi connectivity index (χ2n) is 8.25. The number of hydrogen-bond acceptors (Lipinski definition) is 5. The largest absolute Gasteiger partial charge is 0.345 e. The number of aromatic amines is 1. The summed E-state index contributed by atoms with van der Waals surface area (Å²) in [5.41, 5.74) is 4.06. The van der Waals surface area contributed by atoms with Crippen LogP contribution in [-0.4, -0.2) is 70.9 Å². The first-order valence-electron chi connectivity index (χ1n) is 10.2. The van der Waals surface area contributed by atoms with Gasteiger partial charge in [0.05, 0.1) is 17.9 Å². The number of Topliss-reactive ketones (excluding diaryl/α,β-unsaturated/α-hetero) is 1. The van der Waals surface area contributed by atoms with E-state index in [4.69, 9.17) is 0 Å². The van der Waals surface area contributed by atoms with E-state index in [2.05, 4.69) is 21.7 Å². The van der Waals surface area contributed by atoms with Gasteiger partial charge in [0, 0.05) is 49.2 Å². The van der Waals surface area contributed by atoms with Gasteiger partial charge < -0.3 is 4.57 Å². The Morgan fingerprint density at radius 3 is 2.34 bits per heavy atom. The second kappa shape index (κ2) is 7.37. The van der Waals surface area contributed by atoms with Crippen molar-refractivity contribution in [3.8, 4) is 0 Å². The van der Waals surface area contributed by atoms with E-state index >= 15 is 0 Å². The Bertz CT molecular complexity index is 1020. The Morgan fingerprint density at radius 1 is 1.14 bits per heavy atom. The number of piperazine rings is 1. The van der Waals surface area contributed by atoms with Gasteiger partial charge in [-0.15, -0.1) is 0 Å². The lowest BCUT2D eigenvalue weighted by atomic mass is 10.1. The van der Waals surface area contributed by atoms with Crippen LogP contribution in [0.15, 0.2) is 11.0 Å². The molecular formula is C20H29N5O3S. The number of ketones is 1. The topological polar surface area (TPSA) is 91.3 Å². The Balaban J connectivity index is 1.40. The molecule has 0 bridgehead atoms. The molecule has 2 aromatic heterocycles. The van der Waals surface area contributed by atoms with E-state index in [-0.39, 0.29) is 10.7 Å². The van der Waals surface area contributed by atoms with Crippen molar-refractivity contribution in [1.82, 2.24) is 24.0 Å². The van der Waals surface area contributed by atoms with Gasteiger partial charge >= 0.3 is 0 Å². The maximum Gasteiger partial charge on any atom is 0.246 e. The first-order chi connectivity index (χ1) is 13.7. The van der Waals surface area contributed by atoms with Crippen molar-refractivity contribution in [3.05, 3.63) is 34.4 Å². The van der Waals surface area contributed by atoms with E-state index in [1.54, 1.807) is 13.8 Å². The van der Waals surface area contributed by atoms with Crippen molar-refractivity contribution in [1.29, 1.82) is 0 Å². The highest BCUT2D eigenvalue weighted by molar-refractivity contribution is 7.89. The Labute approximate surface area is 171 Å². The molecule has 1 aliphatic carbocycles. The summed E-state index contributed by atoms with van der Waals surface area (Å²) in [5, 5.41) is 6.76. The number of H-pyrrole nitrogens is 1. The van der Waals surface area contributed by atoms with Crippen LogP contribution < -0.4 is 0 Å². The van der Waals surface area contributed by atoms with Crippen LogP contribution in [0.5, 0.6) is 0 Å². The predicted octanol–water partition coefficient (Wildman–Crippen LogP) is 1.97. The van der Waals surface area contributed by atoms with Crippen LogP contribution in [0.2, 0.25) is 0 Å². The van der Waals surface area contributed by atoms with Crippen LogP contribution in [0.1, 0.15) is 52.0 Å². The molecular weight excluding hydrogens is 390 g/mol. The lowest BCUT2D eigenvalue weighted by molar-refractivity contribution is 0.0901. The number of carbonyl (C=O) groups excluding carboxylic acids is 1. The molecule has 0 spiro atoms. The first-order valence-corrected chi connectivity index (χ1v) is 11.6. The highest BCUT2D eigenvalue weighted by Crippen LogP contribution is 2.38. The minimum atomic E-state index is -3.57. The summed E-state index contributed by atoms with van der Waals surface area (Å²) in [6, 6.07) is 2.56. The third-order valence-corrected chi connectivity index (χ3v) is 8.22. The molecule has 0 amide bonds. The standard InChI is InChI=1S/C20H29N5O3S/c1-13-11-18(16(4)25(13)17-5-6-17)19(26)12-23-7-9-24(10-8-23)29(27,28)20-14(2)21-22-15(20)3/h11,17H,5-10,12H2,1-4H3,(H,21,22). The maximum atomic E-state index is 13.0. The summed E-state index contributed by atoms with van der Waals surface area (Å²) in [6.07, 6.45) is 2.38. The zero-order chi connectivity index (χ0) is 20.9. The molecule has 1 saturated heterocycles. The number of sulfonamides is 1. The van der Waals surface area contributed by atoms with Gasteiger partial charge in [0.25, 0.3) is 0 Å². The lowest BCUT2D eigenvalue weighted by Crippen LogP contribution is -2.49. The summed E-state index contributed by atoms with van der Waals surface area (Å²) in [4.78, 5) is 15.2. The zero-order valence-electron chi connectivity index (χ0n) is 17.5. The van der Waals surface area contributed by atoms with Crippen LogP contribution in [0, 0.1) is 27.7 Å². The van der Waals surface area contributed by atoms with E-state index in [1.165, 1.54) is 17.1 Å². The zero-order valence-corrected chi connectivity index (χ0v) is 18.3. The fourth-order valence-corrected chi connectivity index (χ4v) is 6.17. The Kier molecular flexibility index (Phi) is 5.16. The molecule has 0 aromatic carbocycles. The molecule has 9 heteroatoms. The van der Waals surface area contributed by atoms with Gasteiger partial charge in [-0.2, -0.15) is 9.40 Å². The van der Waals surface area contributed by atoms with Gasteiger partial charge in [-0.25, -0.2) is 8.42 Å². The predicted molar refractivity (Wildman–Crippen MR) is 110 cm³/mol. The van der Waals surface area contributed by atoms with Gasteiger partial charge in [0.2, 0.25) is 10.0 Å². The highest BCUT2D eigenvalue weighted by atomic mass is 32.2. The van der Waals surface area contributed by atoms with Crippen LogP contribution >= 0.6 is 0 Å². The molecule has 0 unspecified atom stereocenters. The van der Waals surface area contributed by atoms with Crippen molar-refractivity contribution in [2.75, 3.05) is 32.7 Å². The van der Waals surface area contributed by atoms with Gasteiger partial charge in [-0.1, -0.05) is 0 Å². The molecule has 1 saturated carbocycles. The monoisotopic (exact) mass is 419 g/mol. The maximum absolute atomic E-state index is 13.0. The molecule has 29 heavy (non-hydrogen) atoms. The molecule has 8 nitrogen and oxygen atoms in total. The summed E-state index contributed by atoms with van der Waals surface area (Å²) < 4.78 is 29.7. The molecule has 2 aliphatic rings. The summed E-state index contributed by atoms with van der Waals surface area (Å²) in [6.45, 7) is 9.67. The van der Waals surface area contributed by atoms with Crippen molar-refractivity contribution >= 4 is 15.8 Å². The van der Waals surface area contributed by atoms with Crippen molar-refractivity contribution in [2.24, 2.45) is 0 Å². The van der Waals surface area contributed by atoms with E-state index in [1.807, 2.05) is 17.9 Å². The number of aromatic nitrogens is 3. The number of nitrogens with one attached hydrogen (secondary N) is 1. The molecule has 0 atom stereocenters. The summed E-state index contributed by atoms with van der Waals surface area (Å²) in [7, 11) is -3.57. The Morgan fingerprint density at radius 2 is 1.79 bits per heavy atom. The molecule has 3 heterocycles. The molecule has 2 fully saturated rings. The van der Waals surface area contributed by atoms with Gasteiger partial charge in [0.1, 0.15) is 4.90 Å². The fourth-order valence-electron chi connectivity index (χ4n) is 4.42. The minimum Gasteiger partial charge on any atom is -0.345 e. The molecule has 158 valence electrons. The van der Waals surface area contributed by atoms with Gasteiger partial charge in [-0.3, -0.25) is 14.8 Å². The number of carbonyl (C=O) groups is 1. The van der Waals surface area contributed by atoms with Crippen molar-refractivity contribution < 1.29 is 13.2 Å². The number of hydrogen-bond donors (Lipinski definition) is 1. The fraction of sp³-hybridized carbons (Fsp3) is 0.600. The molecule has 4 rings (SSSR count). The van der Waals surface area contributed by atoms with E-state index in [9.17, 15) is 13.2 Å². The Hall–Kier alpha value is -1.97. The van der Waals surface area contributed by atoms with E-state index in [0.717, 1.165) is 17.0 Å². The normalized spacial score (nSPS) is 19.0. The third kappa shape index (κ3) is 3.67. The van der Waals surface area contributed by atoms with E-state index in [0.29, 0.717) is 50.2 Å². The van der Waals surface area contributed by atoms with Crippen LogP contribution in [0.25, 0.3) is 0 Å². The molecule has 0 radical (unpaired) electrons. The number of nitrogens with zero attached hydrogens (tertiary/aromatic N) is 4. The summed E-state index contributed by atoms with van der Waals surface area (Å²) in [5.74, 6) is 0.114. The molecule has 1 N–H and O–H groups in total. The quantitative estimate of drug-likeness (QED) is 0.723. The second-order valence-corrected chi connectivity index (χ2v) is 10.1. The van der Waals surface area contributed by atoms with Crippen LogP contribution in [-0.2, 0) is 10.0 Å². The van der Waals surface area contributed by atoms with Crippen LogP contribution in [0.3, 0.4) is 0 Å². The number of rotatable bonds is 6. The van der Waals surface area contributed by atoms with Crippen molar-refractivity contribution in [3.63, 3.8) is 0 Å². The van der Waals surface area contributed by atoms with E-state index < -0.39 is 10.0 Å². The minimum absolute atomic E-state index is 0.114. The smallest absolute Gasteiger partial charge is 0.246 e. The van der Waals surface area contributed by atoms with Gasteiger partial charge in [-0.05, 0) is 46.6 Å². The first kappa shape index (κ1) is 20.3. The number of aryl methyl sites for hydroxylation is 3. The summed E-state index contributed by atoms with van der Waals surface area (Å²) >= 11 is 0. The third-order valence-electron chi connectivity index (χ3n) is 6.05. The lowest BCUT2D eigenvalue weighted by Gasteiger charge is -2.33. The average molecular weight is 420 g/mol. The highest BCUT2D eigenvalue weighted by Gasteiger charge is 2.33. The van der Waals surface area contributed by atoms with Gasteiger partial charge in [0.15, 0.2) is 5.78 Å².